The molecular formula is C20H21F2NO4. The van der Waals surface area contributed by atoms with E-state index in [9.17, 15) is 13.6 Å². The van der Waals surface area contributed by atoms with Crippen LogP contribution >= 0.6 is 0 Å². The summed E-state index contributed by atoms with van der Waals surface area (Å²) in [6.45, 7) is -2.53. The zero-order valence-corrected chi connectivity index (χ0v) is 15.3. The van der Waals surface area contributed by atoms with Crippen LogP contribution in [0.3, 0.4) is 0 Å². The average Bonchev–Trinajstić information content (AvgIpc) is 2.66. The quantitative estimate of drug-likeness (QED) is 0.653. The van der Waals surface area contributed by atoms with Gasteiger partial charge in [0.15, 0.2) is 11.5 Å². The maximum atomic E-state index is 12.3. The van der Waals surface area contributed by atoms with Crippen molar-refractivity contribution in [3.63, 3.8) is 0 Å². The normalized spacial score (nSPS) is 10.9. The Hall–Kier alpha value is -3.09. The zero-order chi connectivity index (χ0) is 19.8. The molecule has 0 saturated heterocycles. The number of rotatable bonds is 8. The molecule has 0 atom stereocenters. The smallest absolute Gasteiger partial charge is 0.387 e. The molecule has 0 aliphatic rings. The third-order valence-electron chi connectivity index (χ3n) is 3.79. The Balaban J connectivity index is 2.02. The summed E-state index contributed by atoms with van der Waals surface area (Å²) in [5.74, 6) is 1.03. The number of amides is 1. The Kier molecular flexibility index (Phi) is 7.16. The van der Waals surface area contributed by atoms with Gasteiger partial charge in [-0.15, -0.1) is 0 Å². The van der Waals surface area contributed by atoms with E-state index in [2.05, 4.69) is 4.74 Å². The van der Waals surface area contributed by atoms with Crippen molar-refractivity contribution in [2.75, 3.05) is 21.3 Å². The molecule has 0 saturated carbocycles. The molecule has 0 fully saturated rings. The van der Waals surface area contributed by atoms with Crippen LogP contribution in [-0.2, 0) is 11.3 Å². The van der Waals surface area contributed by atoms with E-state index in [1.807, 2.05) is 12.1 Å². The molecule has 0 N–H and O–H groups in total. The Bertz CT molecular complexity index is 791. The lowest BCUT2D eigenvalue weighted by Gasteiger charge is -2.18. The van der Waals surface area contributed by atoms with Crippen LogP contribution in [0.1, 0.15) is 11.1 Å². The van der Waals surface area contributed by atoms with E-state index in [0.717, 1.165) is 5.56 Å². The van der Waals surface area contributed by atoms with Crippen LogP contribution in [0.15, 0.2) is 48.5 Å². The van der Waals surface area contributed by atoms with Gasteiger partial charge in [-0.25, -0.2) is 0 Å². The number of hydrogen-bond donors (Lipinski definition) is 0. The van der Waals surface area contributed by atoms with E-state index in [0.29, 0.717) is 23.6 Å². The summed E-state index contributed by atoms with van der Waals surface area (Å²) in [6, 6.07) is 11.5. The summed E-state index contributed by atoms with van der Waals surface area (Å²) in [4.78, 5) is 13.9. The molecule has 2 rings (SSSR count). The number of likely N-dealkylation sites (N-methyl/N-ethyl adjacent to an activating group) is 1. The van der Waals surface area contributed by atoms with Crippen molar-refractivity contribution in [1.82, 2.24) is 4.90 Å². The molecular weight excluding hydrogens is 356 g/mol. The third kappa shape index (κ3) is 5.70. The lowest BCUT2D eigenvalue weighted by Crippen LogP contribution is -2.24. The molecule has 5 nitrogen and oxygen atoms in total. The van der Waals surface area contributed by atoms with Crippen LogP contribution in [0, 0.1) is 0 Å². The van der Waals surface area contributed by atoms with Crippen LogP contribution in [0.2, 0.25) is 0 Å². The van der Waals surface area contributed by atoms with Crippen molar-refractivity contribution in [1.29, 1.82) is 0 Å². The first-order valence-corrected chi connectivity index (χ1v) is 8.12. The molecule has 0 aliphatic heterocycles. The average molecular weight is 377 g/mol. The molecule has 0 unspecified atom stereocenters. The Morgan fingerprint density at radius 2 is 1.81 bits per heavy atom. The molecule has 0 heterocycles. The Labute approximate surface area is 156 Å². The Morgan fingerprint density at radius 1 is 1.11 bits per heavy atom. The van der Waals surface area contributed by atoms with E-state index >= 15 is 0 Å². The summed E-state index contributed by atoms with van der Waals surface area (Å²) in [5.41, 5.74) is 1.51. The standard InChI is InChI=1S/C20H21F2NO4/c1-23(13-15-5-4-6-17(25-2)19(15)26-3)18(24)12-9-14-7-10-16(11-8-14)27-20(21)22/h4-12,20H,13H2,1-3H3/b12-9+. The van der Waals surface area contributed by atoms with E-state index in [4.69, 9.17) is 9.47 Å². The van der Waals surface area contributed by atoms with Crippen LogP contribution in [0.4, 0.5) is 8.78 Å². The zero-order valence-electron chi connectivity index (χ0n) is 15.3. The minimum absolute atomic E-state index is 0.0655. The van der Waals surface area contributed by atoms with Crippen molar-refractivity contribution in [3.8, 4) is 17.2 Å². The molecule has 2 aromatic carbocycles. The number of ether oxygens (including phenoxy) is 3. The first kappa shape index (κ1) is 20.2. The molecule has 2 aromatic rings. The van der Waals surface area contributed by atoms with Gasteiger partial charge < -0.3 is 19.1 Å². The van der Waals surface area contributed by atoms with Crippen LogP contribution in [0.5, 0.6) is 17.2 Å². The van der Waals surface area contributed by atoms with Crippen LogP contribution in [0.25, 0.3) is 6.08 Å². The molecule has 27 heavy (non-hydrogen) atoms. The van der Waals surface area contributed by atoms with Crippen LogP contribution < -0.4 is 14.2 Å². The van der Waals surface area contributed by atoms with Gasteiger partial charge in [0.2, 0.25) is 5.91 Å². The highest BCUT2D eigenvalue weighted by molar-refractivity contribution is 5.91. The number of para-hydroxylation sites is 1. The lowest BCUT2D eigenvalue weighted by molar-refractivity contribution is -0.125. The molecule has 0 radical (unpaired) electrons. The summed E-state index contributed by atoms with van der Waals surface area (Å²) in [5, 5.41) is 0. The SMILES string of the molecule is COc1cccc(CN(C)C(=O)/C=C/c2ccc(OC(F)F)cc2)c1OC. The van der Waals surface area contributed by atoms with Crippen molar-refractivity contribution in [3.05, 3.63) is 59.7 Å². The topological polar surface area (TPSA) is 48.0 Å². The molecule has 0 bridgehead atoms. The largest absolute Gasteiger partial charge is 0.493 e. The third-order valence-corrected chi connectivity index (χ3v) is 3.79. The second kappa shape index (κ2) is 9.56. The summed E-state index contributed by atoms with van der Waals surface area (Å²) in [6.07, 6.45) is 3.02. The fourth-order valence-electron chi connectivity index (χ4n) is 2.47. The number of hydrogen-bond acceptors (Lipinski definition) is 4. The maximum Gasteiger partial charge on any atom is 0.387 e. The first-order valence-electron chi connectivity index (χ1n) is 8.12. The predicted molar refractivity (Wildman–Crippen MR) is 98.1 cm³/mol. The van der Waals surface area contributed by atoms with E-state index in [1.54, 1.807) is 45.5 Å². The van der Waals surface area contributed by atoms with Crippen molar-refractivity contribution >= 4 is 12.0 Å². The van der Waals surface area contributed by atoms with Crippen molar-refractivity contribution in [2.45, 2.75) is 13.2 Å². The fraction of sp³-hybridized carbons (Fsp3) is 0.250. The van der Waals surface area contributed by atoms with Crippen molar-refractivity contribution in [2.24, 2.45) is 0 Å². The second-order valence-electron chi connectivity index (χ2n) is 5.63. The van der Waals surface area contributed by atoms with Gasteiger partial charge in [-0.3, -0.25) is 4.79 Å². The molecule has 7 heteroatoms. The highest BCUT2D eigenvalue weighted by atomic mass is 19.3. The highest BCUT2D eigenvalue weighted by Crippen LogP contribution is 2.31. The van der Waals surface area contributed by atoms with E-state index in [1.165, 1.54) is 23.1 Å². The molecule has 144 valence electrons. The monoisotopic (exact) mass is 377 g/mol. The van der Waals surface area contributed by atoms with Gasteiger partial charge in [0.25, 0.3) is 0 Å². The van der Waals surface area contributed by atoms with Gasteiger partial charge in [0, 0.05) is 25.2 Å². The summed E-state index contributed by atoms with van der Waals surface area (Å²) < 4.78 is 39.2. The molecule has 0 spiro atoms. The molecule has 1 amide bonds. The van der Waals surface area contributed by atoms with Gasteiger partial charge in [0.05, 0.1) is 14.2 Å². The lowest BCUT2D eigenvalue weighted by atomic mass is 10.1. The number of carbonyl (C=O) groups excluding carboxylic acids is 1. The molecule has 0 aliphatic carbocycles. The minimum Gasteiger partial charge on any atom is -0.493 e. The van der Waals surface area contributed by atoms with Gasteiger partial charge in [0.1, 0.15) is 5.75 Å². The van der Waals surface area contributed by atoms with Gasteiger partial charge in [-0.2, -0.15) is 8.78 Å². The Morgan fingerprint density at radius 3 is 2.41 bits per heavy atom. The number of carbonyl (C=O) groups is 1. The second-order valence-corrected chi connectivity index (χ2v) is 5.63. The van der Waals surface area contributed by atoms with Crippen molar-refractivity contribution < 1.29 is 27.8 Å². The summed E-state index contributed by atoms with van der Waals surface area (Å²) >= 11 is 0. The van der Waals surface area contributed by atoms with E-state index < -0.39 is 6.61 Å². The van der Waals surface area contributed by atoms with Gasteiger partial charge >= 0.3 is 6.61 Å². The number of alkyl halides is 2. The molecule has 0 aromatic heterocycles. The number of nitrogens with zero attached hydrogens (tertiary/aromatic N) is 1. The summed E-state index contributed by atoms with van der Waals surface area (Å²) in [7, 11) is 4.77. The van der Waals surface area contributed by atoms with Crippen LogP contribution in [-0.4, -0.2) is 38.7 Å². The van der Waals surface area contributed by atoms with Gasteiger partial charge in [-0.05, 0) is 29.8 Å². The number of benzene rings is 2. The van der Waals surface area contributed by atoms with Gasteiger partial charge in [-0.1, -0.05) is 24.3 Å². The minimum atomic E-state index is -2.87. The predicted octanol–water partition coefficient (Wildman–Crippen LogP) is 3.98. The highest BCUT2D eigenvalue weighted by Gasteiger charge is 2.13. The fourth-order valence-corrected chi connectivity index (χ4v) is 2.47. The maximum absolute atomic E-state index is 12.3. The first-order chi connectivity index (χ1) is 12.9. The number of halogens is 2. The van der Waals surface area contributed by atoms with E-state index in [-0.39, 0.29) is 11.7 Å². The number of methoxy groups -OCH3 is 2.